The molecule has 6 rings (SSSR count). The molecule has 0 saturated carbocycles. The summed E-state index contributed by atoms with van der Waals surface area (Å²) < 4.78 is 0. The molecule has 0 spiro atoms. The molecule has 2 aromatic rings. The first-order valence-corrected chi connectivity index (χ1v) is 16.9. The first-order valence-electron chi connectivity index (χ1n) is 16.9. The molecule has 2 aromatic carbocycles. The number of rotatable bonds is 5. The van der Waals surface area contributed by atoms with E-state index in [0.717, 1.165) is 37.8 Å². The van der Waals surface area contributed by atoms with Gasteiger partial charge in [-0.15, -0.1) is 0 Å². The Morgan fingerprint density at radius 1 is 1.00 bits per heavy atom. The van der Waals surface area contributed by atoms with Crippen molar-refractivity contribution < 1.29 is 0 Å². The minimum absolute atomic E-state index is 0.102. The zero-order valence-corrected chi connectivity index (χ0v) is 28.0. The van der Waals surface area contributed by atoms with Crippen LogP contribution in [0.4, 0.5) is 0 Å². The minimum Gasteiger partial charge on any atom is -0.402 e. The first-order chi connectivity index (χ1) is 20.3. The second-order valence-corrected chi connectivity index (χ2v) is 16.2. The van der Waals surface area contributed by atoms with E-state index in [1.807, 2.05) is 0 Å². The molecule has 4 aliphatic carbocycles. The van der Waals surface area contributed by atoms with Crippen LogP contribution >= 0.6 is 0 Å². The summed E-state index contributed by atoms with van der Waals surface area (Å²) in [5.41, 5.74) is 23.4. The summed E-state index contributed by atoms with van der Waals surface area (Å²) >= 11 is 0. The van der Waals surface area contributed by atoms with Crippen molar-refractivity contribution in [2.45, 2.75) is 111 Å². The van der Waals surface area contributed by atoms with E-state index in [9.17, 15) is 0 Å². The smallest absolute Gasteiger partial charge is 0.0126 e. The van der Waals surface area contributed by atoms with Crippen molar-refractivity contribution in [3.8, 4) is 0 Å². The zero-order chi connectivity index (χ0) is 30.7. The van der Waals surface area contributed by atoms with Crippen LogP contribution in [-0.2, 0) is 23.7 Å². The van der Waals surface area contributed by atoms with Crippen molar-refractivity contribution in [2.24, 2.45) is 23.0 Å². The van der Waals surface area contributed by atoms with Gasteiger partial charge in [0.1, 0.15) is 0 Å². The van der Waals surface area contributed by atoms with Gasteiger partial charge in [0.25, 0.3) is 0 Å². The molecule has 1 heteroatoms. The van der Waals surface area contributed by atoms with Crippen LogP contribution in [0.1, 0.15) is 126 Å². The van der Waals surface area contributed by atoms with E-state index in [1.165, 1.54) is 51.8 Å². The fraction of sp³-hybridized carbons (Fsp3) is 0.476. The molecule has 1 nitrogen and oxygen atoms in total. The van der Waals surface area contributed by atoms with Crippen molar-refractivity contribution in [2.75, 3.05) is 0 Å². The Morgan fingerprint density at radius 3 is 2.37 bits per heavy atom. The molecule has 226 valence electrons. The molecule has 0 amide bonds. The lowest BCUT2D eigenvalue weighted by molar-refractivity contribution is 0.337. The van der Waals surface area contributed by atoms with Crippen LogP contribution in [-0.4, -0.2) is 0 Å². The Bertz CT molecular complexity index is 1570. The highest BCUT2D eigenvalue weighted by Crippen LogP contribution is 2.59. The predicted octanol–water partition coefficient (Wildman–Crippen LogP) is 10.9. The molecule has 0 saturated heterocycles. The summed E-state index contributed by atoms with van der Waals surface area (Å²) in [6, 6.07) is 11.8. The van der Waals surface area contributed by atoms with E-state index in [-0.39, 0.29) is 10.8 Å². The van der Waals surface area contributed by atoms with Gasteiger partial charge in [-0.2, -0.15) is 0 Å². The van der Waals surface area contributed by atoms with Crippen LogP contribution < -0.4 is 5.73 Å². The highest BCUT2D eigenvalue weighted by atomic mass is 14.6. The Balaban J connectivity index is 1.35. The maximum Gasteiger partial charge on any atom is 0.0126 e. The Labute approximate surface area is 261 Å². The fourth-order valence-electron chi connectivity index (χ4n) is 8.61. The van der Waals surface area contributed by atoms with Crippen LogP contribution in [0.5, 0.6) is 0 Å². The van der Waals surface area contributed by atoms with E-state index in [2.05, 4.69) is 122 Å². The number of nitrogens with two attached hydrogens (primary N) is 1. The monoisotopic (exact) mass is 571 g/mol. The highest BCUT2D eigenvalue weighted by Gasteiger charge is 2.49. The molecule has 0 bridgehead atoms. The topological polar surface area (TPSA) is 26.0 Å². The Kier molecular flexibility index (Phi) is 7.55. The van der Waals surface area contributed by atoms with Gasteiger partial charge >= 0.3 is 0 Å². The molecule has 3 atom stereocenters. The molecule has 2 N–H and O–H groups in total. The van der Waals surface area contributed by atoms with Crippen molar-refractivity contribution in [3.63, 3.8) is 0 Å². The van der Waals surface area contributed by atoms with E-state index in [4.69, 9.17) is 5.73 Å². The standard InChI is InChI=1S/C42H53N/c1-9-22-42(8)37-25-38(43)33(30-20-18-29(19-21-30)28-16-14-27(15-17-28)26-40(2,3)4)23-34(37)35-24-36(41(5,6)7)31-12-10-11-13-32(31)39(35)42/h10,12,14-20,23-24,30,37H,9,11,13,21-22,25-26,43H2,1-8H3. The summed E-state index contributed by atoms with van der Waals surface area (Å²) in [5, 5.41) is 0. The Hall–Kier alpha value is -3.06. The van der Waals surface area contributed by atoms with Crippen LogP contribution in [0.2, 0.25) is 0 Å². The molecular weight excluding hydrogens is 518 g/mol. The summed E-state index contributed by atoms with van der Waals surface area (Å²) in [7, 11) is 0. The third-order valence-corrected chi connectivity index (χ3v) is 10.6. The summed E-state index contributed by atoms with van der Waals surface area (Å²) in [5.74, 6) is 0.795. The Morgan fingerprint density at radius 2 is 1.74 bits per heavy atom. The minimum atomic E-state index is 0.102. The number of hydrogen-bond acceptors (Lipinski definition) is 1. The number of allylic oxidation sites excluding steroid dienone is 9. The van der Waals surface area contributed by atoms with Crippen molar-refractivity contribution in [1.82, 2.24) is 0 Å². The third kappa shape index (κ3) is 5.43. The maximum absolute atomic E-state index is 7.04. The lowest BCUT2D eigenvalue weighted by Gasteiger charge is -2.38. The third-order valence-electron chi connectivity index (χ3n) is 10.6. The second kappa shape index (κ2) is 10.8. The van der Waals surface area contributed by atoms with Crippen LogP contribution in [0, 0.1) is 17.3 Å². The van der Waals surface area contributed by atoms with Crippen LogP contribution in [0.3, 0.4) is 0 Å². The molecule has 0 aromatic heterocycles. The van der Waals surface area contributed by atoms with Gasteiger partial charge in [0, 0.05) is 17.0 Å². The van der Waals surface area contributed by atoms with E-state index in [0.29, 0.717) is 17.3 Å². The van der Waals surface area contributed by atoms with Gasteiger partial charge < -0.3 is 5.73 Å². The average Bonchev–Trinajstić information content (AvgIpc) is 3.18. The molecule has 0 fully saturated rings. The van der Waals surface area contributed by atoms with E-state index >= 15 is 0 Å². The van der Waals surface area contributed by atoms with Gasteiger partial charge in [-0.25, -0.2) is 0 Å². The van der Waals surface area contributed by atoms with Gasteiger partial charge in [-0.1, -0.05) is 129 Å². The maximum atomic E-state index is 7.04. The SMILES string of the molecule is CCCC1(C)c2c(cc(C(C)(C)C)c3c2CCC=C3)C2=CC(C3C=CC(c4ccc(CC(C)(C)C)cc4)=CC3)=C(N)CC21. The van der Waals surface area contributed by atoms with Gasteiger partial charge in [-0.3, -0.25) is 0 Å². The predicted molar refractivity (Wildman–Crippen MR) is 187 cm³/mol. The highest BCUT2D eigenvalue weighted by molar-refractivity contribution is 5.85. The van der Waals surface area contributed by atoms with E-state index < -0.39 is 0 Å². The molecule has 0 radical (unpaired) electrons. The quantitative estimate of drug-likeness (QED) is 0.379. The van der Waals surface area contributed by atoms with Gasteiger partial charge in [0.2, 0.25) is 0 Å². The molecule has 0 aliphatic heterocycles. The van der Waals surface area contributed by atoms with Gasteiger partial charge in [0.15, 0.2) is 0 Å². The van der Waals surface area contributed by atoms with Crippen molar-refractivity contribution in [1.29, 1.82) is 0 Å². The summed E-state index contributed by atoms with van der Waals surface area (Å²) in [6.07, 6.45) is 22.3. The summed E-state index contributed by atoms with van der Waals surface area (Å²) in [6.45, 7) is 19.0. The van der Waals surface area contributed by atoms with Crippen LogP contribution in [0.25, 0.3) is 17.2 Å². The lowest BCUT2D eigenvalue weighted by Crippen LogP contribution is -2.32. The van der Waals surface area contributed by atoms with Gasteiger partial charge in [0.05, 0.1) is 0 Å². The first kappa shape index (κ1) is 30.0. The zero-order valence-electron chi connectivity index (χ0n) is 28.0. The van der Waals surface area contributed by atoms with Crippen molar-refractivity contribution >= 4 is 17.2 Å². The molecule has 0 heterocycles. The summed E-state index contributed by atoms with van der Waals surface area (Å²) in [4.78, 5) is 0. The van der Waals surface area contributed by atoms with E-state index in [1.54, 1.807) is 16.7 Å². The second-order valence-electron chi connectivity index (χ2n) is 16.2. The fourth-order valence-corrected chi connectivity index (χ4v) is 8.61. The molecule has 3 unspecified atom stereocenters. The van der Waals surface area contributed by atoms with Crippen LogP contribution in [0.15, 0.2) is 72.0 Å². The molecule has 4 aliphatic rings. The number of hydrogen-bond donors (Lipinski definition) is 1. The van der Waals surface area contributed by atoms with Gasteiger partial charge in [-0.05, 0) is 111 Å². The largest absolute Gasteiger partial charge is 0.402 e. The lowest BCUT2D eigenvalue weighted by atomic mass is 9.66. The molecule has 43 heavy (non-hydrogen) atoms. The number of benzene rings is 2. The molecular formula is C42H53N. The number of fused-ring (bicyclic) bond motifs is 5. The van der Waals surface area contributed by atoms with Crippen molar-refractivity contribution in [3.05, 3.63) is 111 Å². The normalized spacial score (nSPS) is 24.8. The average molecular weight is 572 g/mol.